The van der Waals surface area contributed by atoms with Crippen molar-refractivity contribution < 1.29 is 4.79 Å². The van der Waals surface area contributed by atoms with Gasteiger partial charge in [0.2, 0.25) is 5.91 Å². The van der Waals surface area contributed by atoms with Crippen LogP contribution in [0, 0.1) is 0 Å². The third-order valence-electron chi connectivity index (χ3n) is 5.23. The second-order valence-corrected chi connectivity index (χ2v) is 6.53. The molecule has 0 atom stereocenters. The Morgan fingerprint density at radius 1 is 1.13 bits per heavy atom. The van der Waals surface area contributed by atoms with E-state index in [1.54, 1.807) is 0 Å². The van der Waals surface area contributed by atoms with Gasteiger partial charge in [-0.2, -0.15) is 0 Å². The molecule has 0 radical (unpaired) electrons. The van der Waals surface area contributed by atoms with E-state index in [0.29, 0.717) is 0 Å². The van der Waals surface area contributed by atoms with Crippen molar-refractivity contribution in [2.45, 2.75) is 31.8 Å². The summed E-state index contributed by atoms with van der Waals surface area (Å²) < 4.78 is 1.54. The number of H-pyrrole nitrogens is 1. The summed E-state index contributed by atoms with van der Waals surface area (Å²) in [5, 5.41) is 0. The van der Waals surface area contributed by atoms with E-state index in [4.69, 9.17) is 0 Å². The number of carbonyl (C=O) groups excluding carboxylic acids is 1. The number of hydrogen-bond acceptors (Lipinski definition) is 3. The molecule has 1 aromatic heterocycles. The van der Waals surface area contributed by atoms with Gasteiger partial charge in [0.1, 0.15) is 6.54 Å². The van der Waals surface area contributed by atoms with Crippen LogP contribution in [0.2, 0.25) is 0 Å². The van der Waals surface area contributed by atoms with Gasteiger partial charge in [-0.3, -0.25) is 14.3 Å². The lowest BCUT2D eigenvalue weighted by Gasteiger charge is -2.42. The Morgan fingerprint density at radius 2 is 1.87 bits per heavy atom. The number of fused-ring (bicyclic) bond motifs is 1. The number of piperazine rings is 1. The van der Waals surface area contributed by atoms with Crippen LogP contribution in [0.4, 0.5) is 0 Å². The second kappa shape index (κ2) is 5.85. The van der Waals surface area contributed by atoms with Crippen LogP contribution in [-0.4, -0.2) is 57.5 Å². The molecular weight excluding hydrogens is 292 g/mol. The maximum atomic E-state index is 12.6. The van der Waals surface area contributed by atoms with Gasteiger partial charge in [-0.15, -0.1) is 0 Å². The van der Waals surface area contributed by atoms with Gasteiger partial charge in [-0.25, -0.2) is 4.79 Å². The van der Waals surface area contributed by atoms with Gasteiger partial charge < -0.3 is 9.88 Å². The fraction of sp³-hybridized carbons (Fsp3) is 0.529. The van der Waals surface area contributed by atoms with Crippen molar-refractivity contribution in [1.29, 1.82) is 0 Å². The number of para-hydroxylation sites is 2. The number of rotatable bonds is 3. The minimum atomic E-state index is -0.215. The van der Waals surface area contributed by atoms with Crippen molar-refractivity contribution in [1.82, 2.24) is 19.4 Å². The largest absolute Gasteiger partial charge is 0.339 e. The lowest BCUT2D eigenvalue weighted by molar-refractivity contribution is -0.134. The highest BCUT2D eigenvalue weighted by Crippen LogP contribution is 2.25. The predicted molar refractivity (Wildman–Crippen MR) is 88.4 cm³/mol. The number of benzene rings is 1. The number of hydrogen-bond donors (Lipinski definition) is 1. The molecule has 2 fully saturated rings. The van der Waals surface area contributed by atoms with Gasteiger partial charge in [-0.1, -0.05) is 18.6 Å². The molecule has 6 heteroatoms. The second-order valence-electron chi connectivity index (χ2n) is 6.53. The monoisotopic (exact) mass is 314 g/mol. The van der Waals surface area contributed by atoms with Crippen molar-refractivity contribution in [3.05, 3.63) is 34.7 Å². The van der Waals surface area contributed by atoms with Gasteiger partial charge in [0.15, 0.2) is 0 Å². The van der Waals surface area contributed by atoms with Gasteiger partial charge >= 0.3 is 5.69 Å². The van der Waals surface area contributed by atoms with E-state index in [9.17, 15) is 9.59 Å². The maximum Gasteiger partial charge on any atom is 0.326 e. The highest BCUT2D eigenvalue weighted by molar-refractivity contribution is 5.80. The molecule has 0 unspecified atom stereocenters. The fourth-order valence-electron chi connectivity index (χ4n) is 3.59. The number of nitrogens with one attached hydrogen (secondary N) is 1. The normalized spacial score (nSPS) is 19.9. The van der Waals surface area contributed by atoms with Crippen molar-refractivity contribution in [3.63, 3.8) is 0 Å². The molecule has 1 amide bonds. The van der Waals surface area contributed by atoms with E-state index >= 15 is 0 Å². The topological polar surface area (TPSA) is 61.3 Å². The standard InChI is InChI=1S/C17H22N4O2/c22-16(20-10-8-19(9-11-20)13-4-3-5-13)12-21-15-7-2-1-6-14(15)18-17(21)23/h1-2,6-7,13H,3-5,8-12H2,(H,18,23). The van der Waals surface area contributed by atoms with Gasteiger partial charge in [-0.05, 0) is 25.0 Å². The molecule has 1 aliphatic carbocycles. The van der Waals surface area contributed by atoms with Crippen LogP contribution in [0.5, 0.6) is 0 Å². The molecule has 1 N–H and O–H groups in total. The SMILES string of the molecule is O=C(Cn1c(=O)[nH]c2ccccc21)N1CCN(C2CCC2)CC1. The molecule has 0 spiro atoms. The van der Waals surface area contributed by atoms with Crippen molar-refractivity contribution >= 4 is 16.9 Å². The van der Waals surface area contributed by atoms with Crippen molar-refractivity contribution in [3.8, 4) is 0 Å². The number of aromatic amines is 1. The van der Waals surface area contributed by atoms with Crippen LogP contribution in [0.1, 0.15) is 19.3 Å². The minimum absolute atomic E-state index is 0.0325. The molecule has 4 rings (SSSR count). The third kappa shape index (κ3) is 2.67. The van der Waals surface area contributed by atoms with E-state index in [-0.39, 0.29) is 18.1 Å². The third-order valence-corrected chi connectivity index (χ3v) is 5.23. The van der Waals surface area contributed by atoms with E-state index < -0.39 is 0 Å². The van der Waals surface area contributed by atoms with Crippen molar-refractivity contribution in [2.75, 3.05) is 26.2 Å². The molecule has 122 valence electrons. The smallest absolute Gasteiger partial charge is 0.326 e. The number of imidazole rings is 1. The average molecular weight is 314 g/mol. The Hall–Kier alpha value is -2.08. The molecule has 1 aliphatic heterocycles. The zero-order chi connectivity index (χ0) is 15.8. The summed E-state index contributed by atoms with van der Waals surface area (Å²) in [5.41, 5.74) is 1.35. The molecular formula is C17H22N4O2. The Bertz CT molecular complexity index is 766. The summed E-state index contributed by atoms with van der Waals surface area (Å²) >= 11 is 0. The summed E-state index contributed by atoms with van der Waals surface area (Å²) in [6.07, 6.45) is 3.95. The minimum Gasteiger partial charge on any atom is -0.339 e. The number of carbonyl (C=O) groups is 1. The predicted octanol–water partition coefficient (Wildman–Crippen LogP) is 1.03. The van der Waals surface area contributed by atoms with Crippen molar-refractivity contribution in [2.24, 2.45) is 0 Å². The van der Waals surface area contributed by atoms with E-state index in [0.717, 1.165) is 43.3 Å². The van der Waals surface area contributed by atoms with Crippen LogP contribution in [0.15, 0.2) is 29.1 Å². The molecule has 2 aromatic rings. The molecule has 0 bridgehead atoms. The first-order chi connectivity index (χ1) is 11.2. The first kappa shape index (κ1) is 14.5. The summed E-state index contributed by atoms with van der Waals surface area (Å²) in [6, 6.07) is 8.23. The van der Waals surface area contributed by atoms with E-state index in [2.05, 4.69) is 9.88 Å². The molecule has 1 aromatic carbocycles. The van der Waals surface area contributed by atoms with Gasteiger partial charge in [0.25, 0.3) is 0 Å². The number of amides is 1. The molecule has 2 aliphatic rings. The fourth-order valence-corrected chi connectivity index (χ4v) is 3.59. The zero-order valence-electron chi connectivity index (χ0n) is 13.2. The maximum absolute atomic E-state index is 12.6. The first-order valence-corrected chi connectivity index (χ1v) is 8.42. The van der Waals surface area contributed by atoms with Gasteiger partial charge in [0, 0.05) is 32.2 Å². The molecule has 1 saturated carbocycles. The Labute approximate surface area is 134 Å². The van der Waals surface area contributed by atoms with Crippen LogP contribution < -0.4 is 5.69 Å². The first-order valence-electron chi connectivity index (χ1n) is 8.42. The molecule has 1 saturated heterocycles. The highest BCUT2D eigenvalue weighted by atomic mass is 16.2. The Balaban J connectivity index is 1.43. The zero-order valence-corrected chi connectivity index (χ0v) is 13.2. The highest BCUT2D eigenvalue weighted by Gasteiger charge is 2.29. The summed E-state index contributed by atoms with van der Waals surface area (Å²) in [4.78, 5) is 31.8. The van der Waals surface area contributed by atoms with Crippen LogP contribution >= 0.6 is 0 Å². The number of aromatic nitrogens is 2. The lowest BCUT2D eigenvalue weighted by atomic mass is 9.91. The molecule has 2 heterocycles. The lowest BCUT2D eigenvalue weighted by Crippen LogP contribution is -2.54. The number of nitrogens with zero attached hydrogens (tertiary/aromatic N) is 3. The van der Waals surface area contributed by atoms with Gasteiger partial charge in [0.05, 0.1) is 11.0 Å². The molecule has 23 heavy (non-hydrogen) atoms. The summed E-state index contributed by atoms with van der Waals surface area (Å²) in [7, 11) is 0. The van der Waals surface area contributed by atoms with E-state index in [1.165, 1.54) is 23.8 Å². The van der Waals surface area contributed by atoms with Crippen LogP contribution in [0.3, 0.4) is 0 Å². The van der Waals surface area contributed by atoms with Crippen LogP contribution in [0.25, 0.3) is 11.0 Å². The average Bonchev–Trinajstić information content (AvgIpc) is 2.82. The summed E-state index contributed by atoms with van der Waals surface area (Å²) in [6.45, 7) is 3.57. The van der Waals surface area contributed by atoms with E-state index in [1.807, 2.05) is 29.2 Å². The Kier molecular flexibility index (Phi) is 3.69. The Morgan fingerprint density at radius 3 is 2.57 bits per heavy atom. The molecule has 6 nitrogen and oxygen atoms in total. The quantitative estimate of drug-likeness (QED) is 0.920. The summed E-state index contributed by atoms with van der Waals surface area (Å²) in [5.74, 6) is 0.0325. The van der Waals surface area contributed by atoms with Crippen LogP contribution in [-0.2, 0) is 11.3 Å².